The standard InChI is InChI=1S/C16H12F2N2O/c17-13-6-11(7-14(18)8-13)16(21)12-9-19-20(10-12)15-4-2-1-3-5-15/h1-10,16,21H. The van der Waals surface area contributed by atoms with E-state index < -0.39 is 17.7 Å². The lowest BCUT2D eigenvalue weighted by Gasteiger charge is -2.09. The van der Waals surface area contributed by atoms with Gasteiger partial charge in [-0.05, 0) is 29.8 Å². The second-order valence-corrected chi connectivity index (χ2v) is 4.66. The maximum absolute atomic E-state index is 13.2. The summed E-state index contributed by atoms with van der Waals surface area (Å²) < 4.78 is 28.0. The van der Waals surface area contributed by atoms with Gasteiger partial charge >= 0.3 is 0 Å². The second-order valence-electron chi connectivity index (χ2n) is 4.66. The quantitative estimate of drug-likeness (QED) is 0.802. The van der Waals surface area contributed by atoms with Gasteiger partial charge in [0.2, 0.25) is 0 Å². The average molecular weight is 286 g/mol. The predicted octanol–water partition coefficient (Wildman–Crippen LogP) is 3.23. The van der Waals surface area contributed by atoms with Crippen molar-refractivity contribution in [3.63, 3.8) is 0 Å². The highest BCUT2D eigenvalue weighted by molar-refractivity contribution is 5.33. The molecule has 21 heavy (non-hydrogen) atoms. The molecule has 1 atom stereocenters. The van der Waals surface area contributed by atoms with Crippen molar-refractivity contribution in [3.05, 3.63) is 83.7 Å². The molecule has 1 heterocycles. The van der Waals surface area contributed by atoms with Crippen LogP contribution in [0.4, 0.5) is 8.78 Å². The molecule has 0 amide bonds. The molecule has 0 saturated carbocycles. The van der Waals surface area contributed by atoms with Gasteiger partial charge in [-0.3, -0.25) is 0 Å². The second kappa shape index (κ2) is 5.46. The topological polar surface area (TPSA) is 38.1 Å². The number of halogens is 2. The van der Waals surface area contributed by atoms with Gasteiger partial charge in [0.25, 0.3) is 0 Å². The van der Waals surface area contributed by atoms with Gasteiger partial charge in [0.05, 0.1) is 11.9 Å². The van der Waals surface area contributed by atoms with Crippen LogP contribution in [0.5, 0.6) is 0 Å². The molecule has 0 aliphatic heterocycles. The minimum Gasteiger partial charge on any atom is -0.384 e. The van der Waals surface area contributed by atoms with Crippen LogP contribution in [0.2, 0.25) is 0 Å². The monoisotopic (exact) mass is 286 g/mol. The highest BCUT2D eigenvalue weighted by Gasteiger charge is 2.15. The van der Waals surface area contributed by atoms with E-state index in [1.807, 2.05) is 30.3 Å². The molecule has 106 valence electrons. The zero-order valence-corrected chi connectivity index (χ0v) is 10.9. The first-order chi connectivity index (χ1) is 10.1. The smallest absolute Gasteiger partial charge is 0.126 e. The van der Waals surface area contributed by atoms with E-state index in [1.54, 1.807) is 10.9 Å². The third-order valence-electron chi connectivity index (χ3n) is 3.14. The van der Waals surface area contributed by atoms with E-state index in [1.165, 1.54) is 6.20 Å². The van der Waals surface area contributed by atoms with Crippen molar-refractivity contribution in [1.82, 2.24) is 9.78 Å². The van der Waals surface area contributed by atoms with E-state index in [-0.39, 0.29) is 5.56 Å². The molecule has 3 nitrogen and oxygen atoms in total. The highest BCUT2D eigenvalue weighted by atomic mass is 19.1. The first kappa shape index (κ1) is 13.5. The van der Waals surface area contributed by atoms with Crippen LogP contribution in [0.1, 0.15) is 17.2 Å². The Morgan fingerprint density at radius 2 is 1.62 bits per heavy atom. The summed E-state index contributed by atoms with van der Waals surface area (Å²) in [6, 6.07) is 12.3. The maximum Gasteiger partial charge on any atom is 0.126 e. The fourth-order valence-electron chi connectivity index (χ4n) is 2.13. The Morgan fingerprint density at radius 3 is 2.29 bits per heavy atom. The number of aromatic nitrogens is 2. The summed E-state index contributed by atoms with van der Waals surface area (Å²) >= 11 is 0. The largest absolute Gasteiger partial charge is 0.384 e. The molecule has 0 aliphatic carbocycles. The molecule has 1 aromatic heterocycles. The van der Waals surface area contributed by atoms with Gasteiger partial charge in [-0.25, -0.2) is 13.5 Å². The maximum atomic E-state index is 13.2. The van der Waals surface area contributed by atoms with Crippen molar-refractivity contribution >= 4 is 0 Å². The first-order valence-corrected chi connectivity index (χ1v) is 6.37. The van der Waals surface area contributed by atoms with Gasteiger partial charge in [0.15, 0.2) is 0 Å². The molecule has 1 N–H and O–H groups in total. The highest BCUT2D eigenvalue weighted by Crippen LogP contribution is 2.23. The fraction of sp³-hybridized carbons (Fsp3) is 0.0625. The van der Waals surface area contributed by atoms with Gasteiger partial charge in [0, 0.05) is 17.8 Å². The zero-order chi connectivity index (χ0) is 14.8. The molecule has 2 aromatic carbocycles. The number of aliphatic hydroxyl groups is 1. The molecule has 3 aromatic rings. The molecular weight excluding hydrogens is 274 g/mol. The summed E-state index contributed by atoms with van der Waals surface area (Å²) in [7, 11) is 0. The Kier molecular flexibility index (Phi) is 3.50. The van der Waals surface area contributed by atoms with Gasteiger partial charge in [-0.1, -0.05) is 18.2 Å². The molecule has 0 bridgehead atoms. The van der Waals surface area contributed by atoms with Gasteiger partial charge in [0.1, 0.15) is 17.7 Å². The minimum absolute atomic E-state index is 0.153. The molecule has 3 rings (SSSR count). The van der Waals surface area contributed by atoms with Crippen LogP contribution in [0.3, 0.4) is 0 Å². The molecule has 0 saturated heterocycles. The number of rotatable bonds is 3. The van der Waals surface area contributed by atoms with Crippen molar-refractivity contribution in [1.29, 1.82) is 0 Å². The predicted molar refractivity (Wildman–Crippen MR) is 74.0 cm³/mol. The van der Waals surface area contributed by atoms with Crippen LogP contribution in [0.15, 0.2) is 60.9 Å². The Morgan fingerprint density at radius 1 is 0.952 bits per heavy atom. The van der Waals surface area contributed by atoms with E-state index in [4.69, 9.17) is 0 Å². The van der Waals surface area contributed by atoms with Crippen LogP contribution in [0, 0.1) is 11.6 Å². The minimum atomic E-state index is -1.13. The van der Waals surface area contributed by atoms with E-state index in [0.29, 0.717) is 5.56 Å². The lowest BCUT2D eigenvalue weighted by molar-refractivity contribution is 0.219. The molecule has 5 heteroatoms. The van der Waals surface area contributed by atoms with Gasteiger partial charge < -0.3 is 5.11 Å². The van der Waals surface area contributed by atoms with Crippen LogP contribution >= 0.6 is 0 Å². The summed E-state index contributed by atoms with van der Waals surface area (Å²) in [6.45, 7) is 0. The number of aliphatic hydroxyl groups excluding tert-OH is 1. The number of benzene rings is 2. The molecule has 0 radical (unpaired) electrons. The lowest BCUT2D eigenvalue weighted by atomic mass is 10.0. The number of hydrogen-bond donors (Lipinski definition) is 1. The van der Waals surface area contributed by atoms with Crippen LogP contribution in [0.25, 0.3) is 5.69 Å². The van der Waals surface area contributed by atoms with Gasteiger partial charge in [-0.2, -0.15) is 5.10 Å². The van der Waals surface area contributed by atoms with E-state index >= 15 is 0 Å². The summed E-state index contributed by atoms with van der Waals surface area (Å²) in [5.41, 5.74) is 1.45. The number of nitrogens with zero attached hydrogens (tertiary/aromatic N) is 2. The Bertz CT molecular complexity index is 736. The van der Waals surface area contributed by atoms with Crippen LogP contribution < -0.4 is 0 Å². The molecule has 0 fully saturated rings. The summed E-state index contributed by atoms with van der Waals surface area (Å²) in [6.07, 6.45) is 1.97. The Balaban J connectivity index is 1.92. The summed E-state index contributed by atoms with van der Waals surface area (Å²) in [5, 5.41) is 14.4. The van der Waals surface area contributed by atoms with Crippen molar-refractivity contribution < 1.29 is 13.9 Å². The van der Waals surface area contributed by atoms with E-state index in [0.717, 1.165) is 23.9 Å². The Hall–Kier alpha value is -2.53. The van der Waals surface area contributed by atoms with Crippen molar-refractivity contribution in [3.8, 4) is 5.69 Å². The SMILES string of the molecule is OC(c1cc(F)cc(F)c1)c1cnn(-c2ccccc2)c1. The third kappa shape index (κ3) is 2.83. The molecular formula is C16H12F2N2O. The molecule has 0 spiro atoms. The van der Waals surface area contributed by atoms with Crippen LogP contribution in [-0.4, -0.2) is 14.9 Å². The van der Waals surface area contributed by atoms with Crippen molar-refractivity contribution in [2.45, 2.75) is 6.10 Å². The molecule has 0 aliphatic rings. The van der Waals surface area contributed by atoms with Crippen molar-refractivity contribution in [2.75, 3.05) is 0 Å². The molecule has 1 unspecified atom stereocenters. The first-order valence-electron chi connectivity index (χ1n) is 6.37. The third-order valence-corrected chi connectivity index (χ3v) is 3.14. The average Bonchev–Trinajstić information content (AvgIpc) is 2.96. The number of para-hydroxylation sites is 1. The normalized spacial score (nSPS) is 12.3. The summed E-state index contributed by atoms with van der Waals surface area (Å²) in [5.74, 6) is -1.45. The van der Waals surface area contributed by atoms with Crippen molar-refractivity contribution in [2.24, 2.45) is 0 Å². The lowest BCUT2D eigenvalue weighted by Crippen LogP contribution is -2.00. The van der Waals surface area contributed by atoms with E-state index in [2.05, 4.69) is 5.10 Å². The zero-order valence-electron chi connectivity index (χ0n) is 10.9. The Labute approximate surface area is 120 Å². The summed E-state index contributed by atoms with van der Waals surface area (Å²) in [4.78, 5) is 0. The van der Waals surface area contributed by atoms with Crippen LogP contribution in [-0.2, 0) is 0 Å². The number of hydrogen-bond acceptors (Lipinski definition) is 2. The van der Waals surface area contributed by atoms with E-state index in [9.17, 15) is 13.9 Å². The van der Waals surface area contributed by atoms with Gasteiger partial charge in [-0.15, -0.1) is 0 Å². The fourth-order valence-corrected chi connectivity index (χ4v) is 2.13.